The van der Waals surface area contributed by atoms with Crippen molar-refractivity contribution in [3.63, 3.8) is 0 Å². The van der Waals surface area contributed by atoms with Crippen molar-refractivity contribution in [3.8, 4) is 12.1 Å². The van der Waals surface area contributed by atoms with Crippen LogP contribution in [0.1, 0.15) is 53.5 Å². The minimum absolute atomic E-state index is 0.0507. The highest BCUT2D eigenvalue weighted by Crippen LogP contribution is 2.27. The summed E-state index contributed by atoms with van der Waals surface area (Å²) in [7, 11) is -1.20. The maximum atomic E-state index is 14.4. The summed E-state index contributed by atoms with van der Waals surface area (Å²) in [6.07, 6.45) is 3.90. The van der Waals surface area contributed by atoms with E-state index in [0.717, 1.165) is 42.5 Å². The van der Waals surface area contributed by atoms with Gasteiger partial charge in [-0.2, -0.15) is 10.5 Å². The number of aromatic nitrogens is 3. The predicted molar refractivity (Wildman–Crippen MR) is 221 cm³/mol. The number of aryl methyl sites for hydroxylation is 2. The van der Waals surface area contributed by atoms with Crippen molar-refractivity contribution in [3.05, 3.63) is 99.9 Å². The topological polar surface area (TPSA) is 127 Å². The molecule has 4 aromatic rings. The molecule has 0 unspecified atom stereocenters. The van der Waals surface area contributed by atoms with Crippen LogP contribution in [0.2, 0.25) is 25.7 Å². The molecule has 294 valence electrons. The zero-order chi connectivity index (χ0) is 39.7. The highest BCUT2D eigenvalue weighted by Gasteiger charge is 2.30. The van der Waals surface area contributed by atoms with Crippen molar-refractivity contribution in [1.29, 1.82) is 10.5 Å². The van der Waals surface area contributed by atoms with Crippen LogP contribution in [-0.2, 0) is 29.2 Å². The molecule has 13 heteroatoms. The summed E-state index contributed by atoms with van der Waals surface area (Å²) >= 11 is 0. The van der Waals surface area contributed by atoms with Crippen LogP contribution in [0.4, 0.5) is 5.69 Å². The number of hydrogen-bond acceptors (Lipinski definition) is 10. The van der Waals surface area contributed by atoms with Gasteiger partial charge in [0, 0.05) is 59.5 Å². The number of nitriles is 2. The van der Waals surface area contributed by atoms with E-state index in [1.165, 1.54) is 40.8 Å². The van der Waals surface area contributed by atoms with Gasteiger partial charge in [-0.05, 0) is 92.0 Å². The summed E-state index contributed by atoms with van der Waals surface area (Å²) in [5.74, 6) is 0.541. The Bertz CT molecular complexity index is 2070. The number of likely N-dealkylation sites (tertiary alicyclic amines) is 1. The van der Waals surface area contributed by atoms with Gasteiger partial charge in [0.15, 0.2) is 5.57 Å². The Balaban J connectivity index is 1.20. The number of carbonyl (C=O) groups is 1. The Morgan fingerprint density at radius 2 is 1.61 bits per heavy atom. The molecule has 0 spiro atoms. The van der Waals surface area contributed by atoms with Crippen LogP contribution < -0.4 is 9.74 Å². The van der Waals surface area contributed by atoms with Gasteiger partial charge in [0.2, 0.25) is 12.7 Å². The zero-order valence-electron chi connectivity index (χ0n) is 33.6. The Morgan fingerprint density at radius 3 is 2.34 bits per heavy atom. The number of carbonyl (C=O) groups excluding carboxylic acids is 1. The highest BCUT2D eigenvalue weighted by atomic mass is 28.3. The lowest BCUT2D eigenvalue weighted by Gasteiger charge is -2.28. The summed E-state index contributed by atoms with van der Waals surface area (Å²) in [5, 5.41) is 28.5. The van der Waals surface area contributed by atoms with E-state index < -0.39 is 8.07 Å². The molecule has 3 heterocycles. The first kappa shape index (κ1) is 40.4. The molecular formula is C43H55N9O3Si. The second-order valence-corrected chi connectivity index (χ2v) is 21.9. The second kappa shape index (κ2) is 18.6. The molecular weight excluding hydrogens is 719 g/mol. The lowest BCUT2D eigenvalue weighted by atomic mass is 10.1. The van der Waals surface area contributed by atoms with Gasteiger partial charge in [0.1, 0.15) is 29.0 Å². The van der Waals surface area contributed by atoms with E-state index >= 15 is 0 Å². The summed E-state index contributed by atoms with van der Waals surface area (Å²) in [4.78, 5) is 30.0. The summed E-state index contributed by atoms with van der Waals surface area (Å²) in [6.45, 7) is 17.4. The van der Waals surface area contributed by atoms with Crippen molar-refractivity contribution in [2.75, 3.05) is 51.0 Å². The van der Waals surface area contributed by atoms with Crippen molar-refractivity contribution < 1.29 is 14.4 Å². The molecule has 0 saturated carbocycles. The van der Waals surface area contributed by atoms with Gasteiger partial charge in [0.25, 0.3) is 0 Å². The number of fused-ring (bicyclic) bond motifs is 1. The molecule has 0 atom stereocenters. The molecule has 56 heavy (non-hydrogen) atoms. The van der Waals surface area contributed by atoms with Crippen LogP contribution >= 0.6 is 0 Å². The average molecular weight is 774 g/mol. The number of benzene rings is 3. The molecule has 2 fully saturated rings. The van der Waals surface area contributed by atoms with Crippen LogP contribution in [0.15, 0.2) is 72.1 Å². The first-order valence-electron chi connectivity index (χ1n) is 19.8. The largest absolute Gasteiger partial charge is 0.366 e. The lowest BCUT2D eigenvalue weighted by molar-refractivity contribution is -0.119. The number of nitrogens with zero attached hydrogens (tertiary/aromatic N) is 9. The number of piperidine rings is 1. The van der Waals surface area contributed by atoms with E-state index in [2.05, 4.69) is 96.1 Å². The molecule has 12 nitrogen and oxygen atoms in total. The third kappa shape index (κ3) is 10.8. The van der Waals surface area contributed by atoms with Gasteiger partial charge in [-0.15, -0.1) is 5.10 Å². The minimum Gasteiger partial charge on any atom is -0.366 e. The molecule has 2 aliphatic rings. The molecule has 2 aliphatic heterocycles. The van der Waals surface area contributed by atoms with Crippen molar-refractivity contribution in [1.82, 2.24) is 29.9 Å². The monoisotopic (exact) mass is 773 g/mol. The Morgan fingerprint density at radius 1 is 0.857 bits per heavy atom. The molecule has 0 bridgehead atoms. The Kier molecular flexibility index (Phi) is 13.4. The van der Waals surface area contributed by atoms with Gasteiger partial charge in [0.05, 0.1) is 6.54 Å². The van der Waals surface area contributed by atoms with Gasteiger partial charge in [-0.25, -0.2) is 0 Å². The smallest absolute Gasteiger partial charge is 0.229 e. The molecule has 2 saturated heterocycles. The van der Waals surface area contributed by atoms with E-state index in [1.54, 1.807) is 0 Å². The van der Waals surface area contributed by atoms with E-state index in [4.69, 9.17) is 9.57 Å². The van der Waals surface area contributed by atoms with Crippen LogP contribution in [-0.4, -0.2) is 90.0 Å². The highest BCUT2D eigenvalue weighted by molar-refractivity contribution is 6.76. The van der Waals surface area contributed by atoms with Gasteiger partial charge >= 0.3 is 0 Å². The quantitative estimate of drug-likeness (QED) is 0.0521. The molecule has 3 aromatic carbocycles. The first-order valence-corrected chi connectivity index (χ1v) is 23.5. The van der Waals surface area contributed by atoms with Gasteiger partial charge in [-0.1, -0.05) is 78.4 Å². The van der Waals surface area contributed by atoms with Crippen molar-refractivity contribution in [2.24, 2.45) is 0 Å². The summed E-state index contributed by atoms with van der Waals surface area (Å²) < 4.78 is 5.71. The standard InChI is InChI=1S/C43H55N9O3Si/c1-33-22-34(2)24-37(23-33)30-50-19-18-49(43(50)38(27-44)28-45)17-14-42(53)51(39-11-9-10-35(25-39)29-48-15-7-6-8-16-48)31-36-12-13-41-40(26-36)46-47-52(41)55-32-54-20-21-56(3,4)5/h9-13,22-26H,6-8,14-21,29-32H2,1-5H3. The van der Waals surface area contributed by atoms with Crippen molar-refractivity contribution >= 4 is 30.7 Å². The average Bonchev–Trinajstić information content (AvgIpc) is 3.76. The Labute approximate surface area is 332 Å². The van der Waals surface area contributed by atoms with Crippen molar-refractivity contribution in [2.45, 2.75) is 84.9 Å². The van der Waals surface area contributed by atoms with E-state index in [-0.39, 0.29) is 24.7 Å². The molecule has 0 radical (unpaired) electrons. The summed E-state index contributed by atoms with van der Waals surface area (Å²) in [5.41, 5.74) is 7.80. The normalized spacial score (nSPS) is 14.9. The van der Waals surface area contributed by atoms with E-state index in [1.807, 2.05) is 40.1 Å². The molecule has 6 rings (SSSR count). The summed E-state index contributed by atoms with van der Waals surface area (Å²) in [6, 6.07) is 25.8. The fraction of sp³-hybridized carbons (Fsp3) is 0.465. The molecule has 1 aromatic heterocycles. The SMILES string of the molecule is Cc1cc(C)cc(CN2CCN(CCC(=O)N(Cc3ccc4c(c3)nnn4OCOCC[Si](C)(C)C)c3cccc(CN4CCCCC4)c3)C2=C(C#N)C#N)c1. The fourth-order valence-corrected chi connectivity index (χ4v) is 8.34. The first-order chi connectivity index (χ1) is 27.0. The molecule has 0 aliphatic carbocycles. The van der Waals surface area contributed by atoms with Crippen LogP contribution in [0.25, 0.3) is 11.0 Å². The fourth-order valence-electron chi connectivity index (χ4n) is 7.58. The second-order valence-electron chi connectivity index (χ2n) is 16.3. The van der Waals surface area contributed by atoms with Gasteiger partial charge in [-0.3, -0.25) is 9.69 Å². The third-order valence-corrected chi connectivity index (χ3v) is 12.1. The number of anilines is 1. The minimum atomic E-state index is -1.20. The third-order valence-electron chi connectivity index (χ3n) is 10.4. The number of hydrogen-bond donors (Lipinski definition) is 0. The van der Waals surface area contributed by atoms with E-state index in [0.29, 0.717) is 56.2 Å². The number of rotatable bonds is 16. The number of allylic oxidation sites excluding steroid dienone is 1. The van der Waals surface area contributed by atoms with Crippen LogP contribution in [0.3, 0.4) is 0 Å². The van der Waals surface area contributed by atoms with Gasteiger partial charge < -0.3 is 24.3 Å². The zero-order valence-corrected chi connectivity index (χ0v) is 34.6. The molecule has 1 amide bonds. The number of ether oxygens (including phenoxy) is 1. The Hall–Kier alpha value is -5.21. The van der Waals surface area contributed by atoms with E-state index in [9.17, 15) is 15.3 Å². The number of amides is 1. The predicted octanol–water partition coefficient (Wildman–Crippen LogP) is 6.77. The maximum absolute atomic E-state index is 14.4. The maximum Gasteiger partial charge on any atom is 0.229 e. The molecule has 0 N–H and O–H groups in total. The lowest BCUT2D eigenvalue weighted by Crippen LogP contribution is -2.34. The van der Waals surface area contributed by atoms with Crippen LogP contribution in [0.5, 0.6) is 0 Å². The van der Waals surface area contributed by atoms with Crippen LogP contribution in [0, 0.1) is 36.5 Å².